The van der Waals surface area contributed by atoms with E-state index in [1.807, 2.05) is 19.9 Å². The third-order valence-electron chi connectivity index (χ3n) is 5.01. The van der Waals surface area contributed by atoms with Crippen LogP contribution < -0.4 is 0 Å². The summed E-state index contributed by atoms with van der Waals surface area (Å²) in [7, 11) is -1.79. The van der Waals surface area contributed by atoms with Crippen LogP contribution in [0.2, 0.25) is 18.1 Å². The van der Waals surface area contributed by atoms with Gasteiger partial charge in [-0.3, -0.25) is 0 Å². The summed E-state index contributed by atoms with van der Waals surface area (Å²) >= 11 is 0. The van der Waals surface area contributed by atoms with Crippen LogP contribution in [0.25, 0.3) is 0 Å². The minimum Gasteiger partial charge on any atom is -0.411 e. The summed E-state index contributed by atoms with van der Waals surface area (Å²) < 4.78 is 18.7. The van der Waals surface area contributed by atoms with E-state index in [1.165, 1.54) is 0 Å². The molecule has 0 aromatic heterocycles. The van der Waals surface area contributed by atoms with E-state index in [1.54, 1.807) is 0 Å². The molecule has 0 radical (unpaired) electrons. The van der Waals surface area contributed by atoms with Gasteiger partial charge < -0.3 is 13.9 Å². The number of rotatable bonds is 3. The molecule has 0 bridgehead atoms. The average Bonchev–Trinajstić information content (AvgIpc) is 2.71. The molecule has 0 unspecified atom stereocenters. The topological polar surface area (TPSA) is 27.7 Å². The van der Waals surface area contributed by atoms with Crippen LogP contribution in [-0.4, -0.2) is 32.4 Å². The number of ether oxygens (including phenoxy) is 2. The highest BCUT2D eigenvalue weighted by atomic mass is 28.4. The van der Waals surface area contributed by atoms with Crippen LogP contribution in [0.5, 0.6) is 0 Å². The first-order valence-corrected chi connectivity index (χ1v) is 10.5. The Morgan fingerprint density at radius 1 is 1.20 bits per heavy atom. The van der Waals surface area contributed by atoms with Gasteiger partial charge in [0.25, 0.3) is 0 Å². The van der Waals surface area contributed by atoms with Crippen LogP contribution in [0.15, 0.2) is 12.7 Å². The molecule has 0 amide bonds. The molecule has 20 heavy (non-hydrogen) atoms. The molecule has 0 spiro atoms. The van der Waals surface area contributed by atoms with Crippen molar-refractivity contribution in [3.05, 3.63) is 12.7 Å². The fourth-order valence-corrected chi connectivity index (χ4v) is 4.21. The zero-order valence-corrected chi connectivity index (χ0v) is 15.0. The van der Waals surface area contributed by atoms with Crippen molar-refractivity contribution in [1.29, 1.82) is 0 Å². The maximum atomic E-state index is 6.59. The molecule has 0 aromatic carbocycles. The molecule has 2 aliphatic rings. The van der Waals surface area contributed by atoms with E-state index >= 15 is 0 Å². The largest absolute Gasteiger partial charge is 0.411 e. The molecular weight excluding hydrogens is 268 g/mol. The second-order valence-corrected chi connectivity index (χ2v) is 12.9. The van der Waals surface area contributed by atoms with Crippen molar-refractivity contribution in [1.82, 2.24) is 0 Å². The Balaban J connectivity index is 2.16. The fraction of sp³-hybridized carbons (Fsp3) is 0.875. The molecule has 1 aliphatic carbocycles. The average molecular weight is 298 g/mol. The number of fused-ring (bicyclic) bond motifs is 1. The fourth-order valence-electron chi connectivity index (χ4n) is 2.87. The first kappa shape index (κ1) is 16.2. The molecule has 4 atom stereocenters. The van der Waals surface area contributed by atoms with Crippen molar-refractivity contribution in [3.8, 4) is 0 Å². The monoisotopic (exact) mass is 298 g/mol. The Kier molecular flexibility index (Phi) is 4.00. The van der Waals surface area contributed by atoms with Crippen LogP contribution in [-0.2, 0) is 13.9 Å². The SMILES string of the molecule is C=C[C@H]1C[C@H](O[Si](C)(C)C(C)(C)C)[C@@H]2OC(C)(C)O[C@@H]21. The van der Waals surface area contributed by atoms with Crippen molar-refractivity contribution < 1.29 is 13.9 Å². The van der Waals surface area contributed by atoms with Gasteiger partial charge in [-0.2, -0.15) is 0 Å². The maximum absolute atomic E-state index is 6.59. The first-order valence-electron chi connectivity index (χ1n) is 7.63. The molecule has 1 saturated heterocycles. The minimum atomic E-state index is -1.79. The van der Waals surface area contributed by atoms with Gasteiger partial charge in [0.15, 0.2) is 14.1 Å². The normalized spacial score (nSPS) is 37.0. The van der Waals surface area contributed by atoms with Gasteiger partial charge in [0.05, 0.1) is 12.2 Å². The van der Waals surface area contributed by atoms with Gasteiger partial charge in [-0.15, -0.1) is 6.58 Å². The summed E-state index contributed by atoms with van der Waals surface area (Å²) in [5.41, 5.74) is 0. The number of hydrogen-bond acceptors (Lipinski definition) is 3. The molecular formula is C16H30O3Si. The highest BCUT2D eigenvalue weighted by Crippen LogP contribution is 2.46. The van der Waals surface area contributed by atoms with E-state index in [0.29, 0.717) is 5.92 Å². The molecule has 2 fully saturated rings. The van der Waals surface area contributed by atoms with Gasteiger partial charge in [-0.25, -0.2) is 0 Å². The smallest absolute Gasteiger partial charge is 0.192 e. The van der Waals surface area contributed by atoms with Crippen molar-refractivity contribution >= 4 is 8.32 Å². The summed E-state index contributed by atoms with van der Waals surface area (Å²) in [6.45, 7) is 19.3. The molecule has 1 aliphatic heterocycles. The van der Waals surface area contributed by atoms with Crippen LogP contribution in [0.3, 0.4) is 0 Å². The zero-order valence-electron chi connectivity index (χ0n) is 14.0. The molecule has 3 nitrogen and oxygen atoms in total. The van der Waals surface area contributed by atoms with Gasteiger partial charge in [-0.05, 0) is 38.4 Å². The van der Waals surface area contributed by atoms with Crippen molar-refractivity contribution in [2.75, 3.05) is 0 Å². The third kappa shape index (κ3) is 2.89. The van der Waals surface area contributed by atoms with Crippen LogP contribution in [0.4, 0.5) is 0 Å². The quantitative estimate of drug-likeness (QED) is 0.580. The van der Waals surface area contributed by atoms with Crippen molar-refractivity contribution in [2.24, 2.45) is 5.92 Å². The Labute approximate surface area is 124 Å². The Morgan fingerprint density at radius 2 is 1.75 bits per heavy atom. The lowest BCUT2D eigenvalue weighted by atomic mass is 10.1. The van der Waals surface area contributed by atoms with Crippen molar-refractivity contribution in [3.63, 3.8) is 0 Å². The molecule has 0 N–H and O–H groups in total. The van der Waals surface area contributed by atoms with Crippen LogP contribution in [0, 0.1) is 5.92 Å². The number of hydrogen-bond donors (Lipinski definition) is 0. The minimum absolute atomic E-state index is 0.0436. The second-order valence-electron chi connectivity index (χ2n) is 8.12. The lowest BCUT2D eigenvalue weighted by Crippen LogP contribution is -2.46. The summed E-state index contributed by atoms with van der Waals surface area (Å²) in [5.74, 6) is -0.178. The second kappa shape index (κ2) is 4.94. The Bertz CT molecular complexity index is 384. The lowest BCUT2D eigenvalue weighted by molar-refractivity contribution is -0.163. The Hall–Kier alpha value is -0.163. The first-order chi connectivity index (χ1) is 8.97. The van der Waals surface area contributed by atoms with E-state index in [9.17, 15) is 0 Å². The Morgan fingerprint density at radius 3 is 2.25 bits per heavy atom. The summed E-state index contributed by atoms with van der Waals surface area (Å²) in [6.07, 6.45) is 3.23. The summed E-state index contributed by atoms with van der Waals surface area (Å²) in [5, 5.41) is 0.212. The molecule has 116 valence electrons. The van der Waals surface area contributed by atoms with Gasteiger partial charge >= 0.3 is 0 Å². The predicted octanol–water partition coefficient (Wildman–Crippen LogP) is 4.10. The molecule has 2 rings (SSSR count). The molecule has 4 heteroatoms. The van der Waals surface area contributed by atoms with E-state index in [-0.39, 0.29) is 23.4 Å². The lowest BCUT2D eigenvalue weighted by Gasteiger charge is -2.39. The summed E-state index contributed by atoms with van der Waals surface area (Å²) in [6, 6.07) is 0. The van der Waals surface area contributed by atoms with E-state index in [0.717, 1.165) is 6.42 Å². The van der Waals surface area contributed by atoms with Gasteiger partial charge in [0, 0.05) is 5.92 Å². The molecule has 1 heterocycles. The third-order valence-corrected chi connectivity index (χ3v) is 9.52. The molecule has 0 aromatic rings. The van der Waals surface area contributed by atoms with Crippen LogP contribution in [0.1, 0.15) is 41.0 Å². The van der Waals surface area contributed by atoms with E-state index < -0.39 is 14.1 Å². The van der Waals surface area contributed by atoms with Crippen LogP contribution >= 0.6 is 0 Å². The predicted molar refractivity (Wildman–Crippen MR) is 84.2 cm³/mol. The summed E-state index contributed by atoms with van der Waals surface area (Å²) in [4.78, 5) is 0. The standard InChI is InChI=1S/C16H30O3Si/c1-9-11-10-12(19-20(7,8)15(2,3)4)14-13(11)17-16(5,6)18-14/h9,11-14H,1,10H2,2-8H3/t11-,12-,13+,14-/m0/s1. The maximum Gasteiger partial charge on any atom is 0.192 e. The van der Waals surface area contributed by atoms with Gasteiger partial charge in [0.1, 0.15) is 6.10 Å². The van der Waals surface area contributed by atoms with Crippen molar-refractivity contribution in [2.45, 2.75) is 83.3 Å². The van der Waals surface area contributed by atoms with Gasteiger partial charge in [0.2, 0.25) is 0 Å². The highest BCUT2D eigenvalue weighted by Gasteiger charge is 2.55. The zero-order chi connectivity index (χ0) is 15.3. The van der Waals surface area contributed by atoms with Gasteiger partial charge in [-0.1, -0.05) is 26.8 Å². The van der Waals surface area contributed by atoms with E-state index in [2.05, 4.69) is 40.4 Å². The van der Waals surface area contributed by atoms with E-state index in [4.69, 9.17) is 13.9 Å². The molecule has 1 saturated carbocycles. The highest BCUT2D eigenvalue weighted by molar-refractivity contribution is 6.74.